The third-order valence-corrected chi connectivity index (χ3v) is 5.70. The zero-order valence-electron chi connectivity index (χ0n) is 15.1. The first-order valence-electron chi connectivity index (χ1n) is 9.08. The monoisotopic (exact) mass is 401 g/mol. The Morgan fingerprint density at radius 3 is 2.44 bits per heavy atom. The van der Waals surface area contributed by atoms with Crippen LogP contribution < -0.4 is 4.90 Å². The number of aromatic amines is 1. The number of hydrogen-bond donors (Lipinski definition) is 1. The van der Waals surface area contributed by atoms with Crippen molar-refractivity contribution in [3.05, 3.63) is 52.8 Å². The number of halogens is 2. The van der Waals surface area contributed by atoms with E-state index in [9.17, 15) is 0 Å². The second kappa shape index (κ2) is 7.89. The first-order chi connectivity index (χ1) is 13.1. The molecule has 1 fully saturated rings. The first-order valence-corrected chi connectivity index (χ1v) is 9.84. The number of anilines is 1. The molecule has 4 rings (SSSR count). The molecule has 0 spiro atoms. The normalized spacial score (nSPS) is 15.3. The Labute approximate surface area is 169 Å². The molecule has 140 valence electrons. The van der Waals surface area contributed by atoms with Crippen LogP contribution >= 0.6 is 23.2 Å². The number of H-pyrrole nitrogens is 1. The molecule has 0 aliphatic carbocycles. The van der Waals surface area contributed by atoms with Gasteiger partial charge in [-0.05, 0) is 30.8 Å². The van der Waals surface area contributed by atoms with Gasteiger partial charge in [-0.3, -0.25) is 0 Å². The number of pyridine rings is 1. The van der Waals surface area contributed by atoms with Crippen molar-refractivity contribution in [2.24, 2.45) is 0 Å². The minimum Gasteiger partial charge on any atom is -0.354 e. The first kappa shape index (κ1) is 18.3. The van der Waals surface area contributed by atoms with Crippen LogP contribution in [0, 0.1) is 0 Å². The summed E-state index contributed by atoms with van der Waals surface area (Å²) < 4.78 is 0. The zero-order valence-corrected chi connectivity index (χ0v) is 16.6. The highest BCUT2D eigenvalue weighted by Crippen LogP contribution is 2.29. The number of aromatic nitrogens is 3. The van der Waals surface area contributed by atoms with Crippen molar-refractivity contribution in [2.75, 3.05) is 37.6 Å². The van der Waals surface area contributed by atoms with Gasteiger partial charge in [0, 0.05) is 49.7 Å². The molecule has 3 heterocycles. The summed E-state index contributed by atoms with van der Waals surface area (Å²) in [6.45, 7) is 7.53. The summed E-state index contributed by atoms with van der Waals surface area (Å²) in [5.41, 5.74) is 2.70. The van der Waals surface area contributed by atoms with Crippen LogP contribution in [0.4, 0.5) is 5.82 Å². The van der Waals surface area contributed by atoms with Crippen LogP contribution in [0.5, 0.6) is 0 Å². The summed E-state index contributed by atoms with van der Waals surface area (Å²) in [5.74, 6) is 1.80. The van der Waals surface area contributed by atoms with Crippen LogP contribution in [0.2, 0.25) is 10.0 Å². The number of hydrogen-bond acceptors (Lipinski definition) is 4. The highest BCUT2D eigenvalue weighted by atomic mass is 35.5. The van der Waals surface area contributed by atoms with E-state index in [-0.39, 0.29) is 0 Å². The van der Waals surface area contributed by atoms with Gasteiger partial charge in [-0.2, -0.15) is 0 Å². The van der Waals surface area contributed by atoms with Gasteiger partial charge in [0.15, 0.2) is 0 Å². The molecule has 1 aromatic carbocycles. The lowest BCUT2D eigenvalue weighted by Crippen LogP contribution is -2.46. The Hall–Kier alpha value is -2.08. The Morgan fingerprint density at radius 2 is 1.78 bits per heavy atom. The van der Waals surface area contributed by atoms with Crippen molar-refractivity contribution in [1.82, 2.24) is 19.9 Å². The Morgan fingerprint density at radius 1 is 1.00 bits per heavy atom. The molecule has 1 aliphatic heterocycles. The summed E-state index contributed by atoms with van der Waals surface area (Å²) in [6.07, 6.45) is 3.74. The molecule has 3 aromatic rings. The molecule has 0 amide bonds. The fraction of sp³-hybridized carbons (Fsp3) is 0.300. The van der Waals surface area contributed by atoms with E-state index in [2.05, 4.69) is 43.8 Å². The van der Waals surface area contributed by atoms with Gasteiger partial charge >= 0.3 is 0 Å². The smallest absolute Gasteiger partial charge is 0.139 e. The van der Waals surface area contributed by atoms with Crippen molar-refractivity contribution >= 4 is 29.0 Å². The van der Waals surface area contributed by atoms with E-state index in [0.717, 1.165) is 61.2 Å². The lowest BCUT2D eigenvalue weighted by Gasteiger charge is -2.34. The molecule has 0 atom stereocenters. The molecule has 1 aliphatic rings. The SMILES string of the molecule is CCN1CCN(c2ccc(-c3nc(-c4ccc(Cl)c(Cl)c4)c[nH]3)cn2)CC1. The number of rotatable bonds is 4. The maximum absolute atomic E-state index is 6.11. The molecule has 27 heavy (non-hydrogen) atoms. The lowest BCUT2D eigenvalue weighted by atomic mass is 10.2. The molecule has 2 aromatic heterocycles. The van der Waals surface area contributed by atoms with Gasteiger partial charge in [-0.1, -0.05) is 36.2 Å². The number of imidazole rings is 1. The zero-order chi connectivity index (χ0) is 18.8. The van der Waals surface area contributed by atoms with E-state index in [1.54, 1.807) is 6.07 Å². The van der Waals surface area contributed by atoms with Crippen LogP contribution in [-0.4, -0.2) is 52.6 Å². The van der Waals surface area contributed by atoms with Crippen molar-refractivity contribution < 1.29 is 0 Å². The molecular weight excluding hydrogens is 381 g/mol. The Bertz CT molecular complexity index is 914. The number of piperazine rings is 1. The third kappa shape index (κ3) is 3.95. The third-order valence-electron chi connectivity index (χ3n) is 4.96. The molecule has 1 saturated heterocycles. The predicted molar refractivity (Wildman–Crippen MR) is 112 cm³/mol. The van der Waals surface area contributed by atoms with Crippen LogP contribution in [0.15, 0.2) is 42.7 Å². The largest absolute Gasteiger partial charge is 0.354 e. The molecule has 5 nitrogen and oxygen atoms in total. The summed E-state index contributed by atoms with van der Waals surface area (Å²) in [6, 6.07) is 9.64. The number of nitrogens with zero attached hydrogens (tertiary/aromatic N) is 4. The lowest BCUT2D eigenvalue weighted by molar-refractivity contribution is 0.270. The molecule has 0 bridgehead atoms. The molecule has 0 radical (unpaired) electrons. The molecule has 7 heteroatoms. The second-order valence-corrected chi connectivity index (χ2v) is 7.40. The Balaban J connectivity index is 1.50. The van der Waals surface area contributed by atoms with E-state index >= 15 is 0 Å². The number of likely N-dealkylation sites (N-methyl/N-ethyl adjacent to an activating group) is 1. The van der Waals surface area contributed by atoms with Gasteiger partial charge in [0.25, 0.3) is 0 Å². The average Bonchev–Trinajstić information content (AvgIpc) is 3.20. The minimum atomic E-state index is 0.521. The summed E-state index contributed by atoms with van der Waals surface area (Å²) in [7, 11) is 0. The van der Waals surface area contributed by atoms with Gasteiger partial charge in [-0.15, -0.1) is 0 Å². The van der Waals surface area contributed by atoms with Gasteiger partial charge in [0.2, 0.25) is 0 Å². The molecule has 0 saturated carbocycles. The quantitative estimate of drug-likeness (QED) is 0.694. The maximum Gasteiger partial charge on any atom is 0.139 e. The van der Waals surface area contributed by atoms with Crippen molar-refractivity contribution in [2.45, 2.75) is 6.92 Å². The van der Waals surface area contributed by atoms with Crippen molar-refractivity contribution in [3.63, 3.8) is 0 Å². The van der Waals surface area contributed by atoms with Gasteiger partial charge < -0.3 is 14.8 Å². The molecule has 0 unspecified atom stereocenters. The van der Waals surface area contributed by atoms with Crippen LogP contribution in [-0.2, 0) is 0 Å². The van der Waals surface area contributed by atoms with E-state index in [1.807, 2.05) is 24.5 Å². The summed E-state index contributed by atoms with van der Waals surface area (Å²) in [5, 5.41) is 1.06. The van der Waals surface area contributed by atoms with Crippen LogP contribution in [0.3, 0.4) is 0 Å². The van der Waals surface area contributed by atoms with Crippen molar-refractivity contribution in [3.8, 4) is 22.6 Å². The van der Waals surface area contributed by atoms with Crippen LogP contribution in [0.25, 0.3) is 22.6 Å². The van der Waals surface area contributed by atoms with E-state index in [1.165, 1.54) is 0 Å². The standard InChI is InChI=1S/C20H21Cl2N5/c1-2-26-7-9-27(10-8-26)19-6-4-15(12-23-19)20-24-13-18(25-20)14-3-5-16(21)17(22)11-14/h3-6,11-13H,2,7-10H2,1H3,(H,24,25). The van der Waals surface area contributed by atoms with E-state index in [0.29, 0.717) is 10.0 Å². The van der Waals surface area contributed by atoms with Crippen molar-refractivity contribution in [1.29, 1.82) is 0 Å². The number of nitrogens with one attached hydrogen (secondary N) is 1. The predicted octanol–water partition coefficient (Wildman–Crippen LogP) is 4.59. The molecular formula is C20H21Cl2N5. The minimum absolute atomic E-state index is 0.521. The number of benzene rings is 1. The summed E-state index contributed by atoms with van der Waals surface area (Å²) in [4.78, 5) is 17.3. The van der Waals surface area contributed by atoms with Gasteiger partial charge in [0.05, 0.1) is 15.7 Å². The average molecular weight is 402 g/mol. The van der Waals surface area contributed by atoms with Crippen LogP contribution in [0.1, 0.15) is 6.92 Å². The molecule has 1 N–H and O–H groups in total. The highest BCUT2D eigenvalue weighted by Gasteiger charge is 2.17. The summed E-state index contributed by atoms with van der Waals surface area (Å²) >= 11 is 12.1. The Kier molecular flexibility index (Phi) is 5.34. The van der Waals surface area contributed by atoms with E-state index < -0.39 is 0 Å². The highest BCUT2D eigenvalue weighted by molar-refractivity contribution is 6.42. The topological polar surface area (TPSA) is 48.0 Å². The second-order valence-electron chi connectivity index (χ2n) is 6.59. The van der Waals surface area contributed by atoms with Gasteiger partial charge in [0.1, 0.15) is 11.6 Å². The van der Waals surface area contributed by atoms with Gasteiger partial charge in [-0.25, -0.2) is 9.97 Å². The van der Waals surface area contributed by atoms with E-state index in [4.69, 9.17) is 23.2 Å². The maximum atomic E-state index is 6.11. The fourth-order valence-corrected chi connectivity index (χ4v) is 3.58. The fourth-order valence-electron chi connectivity index (χ4n) is 3.28.